The Kier molecular flexibility index (Phi) is 2.46. The third-order valence-electron chi connectivity index (χ3n) is 5.32. The van der Waals surface area contributed by atoms with E-state index in [4.69, 9.17) is 4.74 Å². The first-order valence-electron chi connectivity index (χ1n) is 6.68. The summed E-state index contributed by atoms with van der Waals surface area (Å²) in [5.74, 6) is 0.237. The lowest BCUT2D eigenvalue weighted by Crippen LogP contribution is -2.49. The molecule has 1 aliphatic heterocycles. The molecule has 18 heavy (non-hydrogen) atoms. The Balaban J connectivity index is 1.96. The standard InChI is InChI=1S/C15H20O3/c1-8-4-5-13(16)15(3)7-12-10(6-11(8)15)9(2)14(17)18-12/h4,10-13,16H,2,5-7H2,1,3H3/t10-,11+,12+,13-,15-/m1/s1. The molecule has 5 atom stereocenters. The maximum Gasteiger partial charge on any atom is 0.334 e. The monoisotopic (exact) mass is 248 g/mol. The second-order valence-corrected chi connectivity index (χ2v) is 6.27. The van der Waals surface area contributed by atoms with Crippen LogP contribution in [-0.2, 0) is 9.53 Å². The number of esters is 1. The summed E-state index contributed by atoms with van der Waals surface area (Å²) >= 11 is 0. The van der Waals surface area contributed by atoms with Crippen molar-refractivity contribution in [3.63, 3.8) is 0 Å². The van der Waals surface area contributed by atoms with Gasteiger partial charge in [0.05, 0.1) is 6.10 Å². The van der Waals surface area contributed by atoms with Crippen LogP contribution in [-0.4, -0.2) is 23.3 Å². The number of allylic oxidation sites excluding steroid dienone is 1. The lowest BCUT2D eigenvalue weighted by atomic mass is 9.56. The molecule has 1 saturated carbocycles. The van der Waals surface area contributed by atoms with Crippen molar-refractivity contribution >= 4 is 5.97 Å². The molecule has 0 unspecified atom stereocenters. The Labute approximate surface area is 108 Å². The van der Waals surface area contributed by atoms with E-state index < -0.39 is 0 Å². The molecular weight excluding hydrogens is 228 g/mol. The molecule has 3 aliphatic rings. The number of carbonyl (C=O) groups is 1. The molecule has 0 spiro atoms. The minimum atomic E-state index is -0.334. The molecular formula is C15H20O3. The number of carbonyl (C=O) groups excluding carboxylic acids is 1. The van der Waals surface area contributed by atoms with Gasteiger partial charge in [0.15, 0.2) is 0 Å². The molecule has 1 saturated heterocycles. The fourth-order valence-electron chi connectivity index (χ4n) is 4.03. The molecule has 2 aliphatic carbocycles. The predicted molar refractivity (Wildman–Crippen MR) is 67.7 cm³/mol. The second kappa shape index (κ2) is 3.70. The van der Waals surface area contributed by atoms with Crippen LogP contribution in [0.15, 0.2) is 23.8 Å². The van der Waals surface area contributed by atoms with Gasteiger partial charge >= 0.3 is 5.97 Å². The number of ether oxygens (including phenoxy) is 1. The highest BCUT2D eigenvalue weighted by Gasteiger charge is 2.55. The van der Waals surface area contributed by atoms with E-state index in [1.807, 2.05) is 0 Å². The molecule has 0 radical (unpaired) electrons. The van der Waals surface area contributed by atoms with Crippen LogP contribution in [0, 0.1) is 17.3 Å². The lowest BCUT2D eigenvalue weighted by Gasteiger charge is -2.50. The maximum atomic E-state index is 11.6. The van der Waals surface area contributed by atoms with Crippen molar-refractivity contribution in [2.24, 2.45) is 17.3 Å². The zero-order valence-corrected chi connectivity index (χ0v) is 11.0. The Bertz CT molecular complexity index is 451. The van der Waals surface area contributed by atoms with Gasteiger partial charge < -0.3 is 9.84 Å². The third-order valence-corrected chi connectivity index (χ3v) is 5.32. The maximum absolute atomic E-state index is 11.6. The van der Waals surface area contributed by atoms with Gasteiger partial charge in [0.25, 0.3) is 0 Å². The first-order chi connectivity index (χ1) is 8.43. The van der Waals surface area contributed by atoms with Gasteiger partial charge in [-0.3, -0.25) is 0 Å². The van der Waals surface area contributed by atoms with Crippen LogP contribution in [0.5, 0.6) is 0 Å². The summed E-state index contributed by atoms with van der Waals surface area (Å²) in [7, 11) is 0. The predicted octanol–water partition coefficient (Wildman–Crippen LogP) is 2.21. The molecule has 0 bridgehead atoms. The molecule has 3 rings (SSSR count). The van der Waals surface area contributed by atoms with Crippen LogP contribution in [0.25, 0.3) is 0 Å². The largest absolute Gasteiger partial charge is 0.458 e. The summed E-state index contributed by atoms with van der Waals surface area (Å²) in [6, 6.07) is 0. The van der Waals surface area contributed by atoms with Crippen LogP contribution in [0.3, 0.4) is 0 Å². The van der Waals surface area contributed by atoms with Gasteiger partial charge in [-0.25, -0.2) is 4.79 Å². The van der Waals surface area contributed by atoms with E-state index in [0.29, 0.717) is 17.9 Å². The van der Waals surface area contributed by atoms with E-state index in [9.17, 15) is 9.90 Å². The second-order valence-electron chi connectivity index (χ2n) is 6.27. The number of aliphatic hydroxyl groups excluding tert-OH is 1. The molecule has 2 fully saturated rings. The van der Waals surface area contributed by atoms with Gasteiger partial charge in [-0.15, -0.1) is 0 Å². The minimum absolute atomic E-state index is 0.0770. The van der Waals surface area contributed by atoms with Crippen LogP contribution >= 0.6 is 0 Å². The average Bonchev–Trinajstić information content (AvgIpc) is 2.58. The fourth-order valence-corrected chi connectivity index (χ4v) is 4.03. The van der Waals surface area contributed by atoms with Crippen LogP contribution < -0.4 is 0 Å². The van der Waals surface area contributed by atoms with Crippen LogP contribution in [0.2, 0.25) is 0 Å². The molecule has 3 nitrogen and oxygen atoms in total. The number of fused-ring (bicyclic) bond motifs is 2. The fraction of sp³-hybridized carbons (Fsp3) is 0.667. The minimum Gasteiger partial charge on any atom is -0.458 e. The number of hydrogen-bond donors (Lipinski definition) is 1. The summed E-state index contributed by atoms with van der Waals surface area (Å²) in [5.41, 5.74) is 1.80. The highest BCUT2D eigenvalue weighted by molar-refractivity contribution is 5.90. The molecule has 1 N–H and O–H groups in total. The SMILES string of the molecule is C=C1C(=O)O[C@H]2C[C@@]3(C)[C@H](O)CC=C(C)[C@@H]3C[C@H]12. The van der Waals surface area contributed by atoms with Crippen molar-refractivity contribution in [1.29, 1.82) is 0 Å². The van der Waals surface area contributed by atoms with E-state index in [1.165, 1.54) is 5.57 Å². The number of rotatable bonds is 0. The van der Waals surface area contributed by atoms with Gasteiger partial charge in [0.2, 0.25) is 0 Å². The number of hydrogen-bond acceptors (Lipinski definition) is 3. The van der Waals surface area contributed by atoms with E-state index >= 15 is 0 Å². The lowest BCUT2D eigenvalue weighted by molar-refractivity contribution is -0.145. The average molecular weight is 248 g/mol. The Morgan fingerprint density at radius 1 is 1.56 bits per heavy atom. The normalized spacial score (nSPS) is 47.2. The van der Waals surface area contributed by atoms with E-state index in [1.54, 1.807) is 0 Å². The van der Waals surface area contributed by atoms with Crippen molar-refractivity contribution in [1.82, 2.24) is 0 Å². The molecule has 0 aromatic heterocycles. The Hall–Kier alpha value is -1.09. The van der Waals surface area contributed by atoms with Gasteiger partial charge in [-0.1, -0.05) is 25.2 Å². The highest BCUT2D eigenvalue weighted by atomic mass is 16.6. The van der Waals surface area contributed by atoms with Crippen molar-refractivity contribution in [3.05, 3.63) is 23.8 Å². The van der Waals surface area contributed by atoms with Gasteiger partial charge in [0.1, 0.15) is 6.10 Å². The van der Waals surface area contributed by atoms with Crippen molar-refractivity contribution in [3.8, 4) is 0 Å². The quantitative estimate of drug-likeness (QED) is 0.406. The van der Waals surface area contributed by atoms with Crippen LogP contribution in [0.1, 0.15) is 33.1 Å². The Morgan fingerprint density at radius 3 is 3.00 bits per heavy atom. The topological polar surface area (TPSA) is 46.5 Å². The van der Waals surface area contributed by atoms with Crippen molar-refractivity contribution < 1.29 is 14.6 Å². The summed E-state index contributed by atoms with van der Waals surface area (Å²) in [6.45, 7) is 8.13. The van der Waals surface area contributed by atoms with Gasteiger partial charge in [-0.2, -0.15) is 0 Å². The zero-order valence-electron chi connectivity index (χ0n) is 11.0. The number of aliphatic hydroxyl groups is 1. The Morgan fingerprint density at radius 2 is 2.28 bits per heavy atom. The van der Waals surface area contributed by atoms with Crippen LogP contribution in [0.4, 0.5) is 0 Å². The molecule has 3 heteroatoms. The van der Waals surface area contributed by atoms with E-state index in [0.717, 1.165) is 12.8 Å². The van der Waals surface area contributed by atoms with Crippen molar-refractivity contribution in [2.75, 3.05) is 0 Å². The smallest absolute Gasteiger partial charge is 0.334 e. The zero-order chi connectivity index (χ0) is 13.1. The summed E-state index contributed by atoms with van der Waals surface area (Å²) in [6.07, 6.45) is 4.07. The van der Waals surface area contributed by atoms with E-state index in [2.05, 4.69) is 26.5 Å². The van der Waals surface area contributed by atoms with E-state index in [-0.39, 0.29) is 29.5 Å². The summed E-state index contributed by atoms with van der Waals surface area (Å²) in [5, 5.41) is 10.3. The first kappa shape index (κ1) is 12.0. The molecule has 0 aromatic carbocycles. The molecule has 1 heterocycles. The van der Waals surface area contributed by atoms with Crippen molar-refractivity contribution in [2.45, 2.75) is 45.3 Å². The highest BCUT2D eigenvalue weighted by Crippen LogP contribution is 2.55. The molecule has 98 valence electrons. The van der Waals surface area contributed by atoms with Gasteiger partial charge in [-0.05, 0) is 32.1 Å². The molecule has 0 amide bonds. The molecule has 0 aromatic rings. The first-order valence-corrected chi connectivity index (χ1v) is 6.68. The summed E-state index contributed by atoms with van der Waals surface area (Å²) < 4.78 is 5.41. The van der Waals surface area contributed by atoms with Gasteiger partial charge in [0, 0.05) is 16.9 Å². The summed E-state index contributed by atoms with van der Waals surface area (Å²) in [4.78, 5) is 11.6. The third kappa shape index (κ3) is 1.43.